The van der Waals surface area contributed by atoms with Crippen LogP contribution in [-0.4, -0.2) is 19.6 Å². The molecule has 3 aromatic heterocycles. The summed E-state index contributed by atoms with van der Waals surface area (Å²) in [7, 11) is 0. The molecule has 3 rings (SSSR count). The Hall–Kier alpha value is -2.11. The fourth-order valence-electron chi connectivity index (χ4n) is 1.49. The van der Waals surface area contributed by atoms with Crippen LogP contribution in [0, 0.1) is 6.92 Å². The molecule has 0 amide bonds. The minimum absolute atomic E-state index is 0.239. The van der Waals surface area contributed by atoms with Gasteiger partial charge in [0.25, 0.3) is 0 Å². The number of hydrogen-bond acceptors (Lipinski definition) is 5. The second kappa shape index (κ2) is 2.22. The summed E-state index contributed by atoms with van der Waals surface area (Å²) in [6, 6.07) is 0. The minimum Gasteiger partial charge on any atom is -0.469 e. The maximum Gasteiger partial charge on any atom is 0.240 e. The molecule has 14 heavy (non-hydrogen) atoms. The number of aromatic nitrogens is 4. The third kappa shape index (κ3) is 0.769. The van der Waals surface area contributed by atoms with Crippen molar-refractivity contribution in [2.24, 2.45) is 0 Å². The minimum atomic E-state index is 0.239. The topological polar surface area (TPSA) is 82.2 Å². The molecule has 0 unspecified atom stereocenters. The third-order valence-electron chi connectivity index (χ3n) is 2.09. The quantitative estimate of drug-likeness (QED) is 0.564. The first kappa shape index (κ1) is 7.31. The Bertz CT molecular complexity index is 623. The van der Waals surface area contributed by atoms with Crippen LogP contribution in [0.4, 0.5) is 5.95 Å². The highest BCUT2D eigenvalue weighted by Crippen LogP contribution is 2.19. The van der Waals surface area contributed by atoms with Crippen LogP contribution in [0.1, 0.15) is 5.82 Å². The van der Waals surface area contributed by atoms with E-state index in [0.717, 1.165) is 16.7 Å². The molecule has 3 aromatic rings. The average molecular weight is 189 g/mol. The van der Waals surface area contributed by atoms with Crippen LogP contribution in [0.25, 0.3) is 16.6 Å². The zero-order valence-corrected chi connectivity index (χ0v) is 7.43. The van der Waals surface area contributed by atoms with E-state index in [2.05, 4.69) is 15.1 Å². The second-order valence-corrected chi connectivity index (χ2v) is 3.04. The van der Waals surface area contributed by atoms with Gasteiger partial charge < -0.3 is 10.2 Å². The van der Waals surface area contributed by atoms with E-state index in [-0.39, 0.29) is 5.95 Å². The molecule has 0 atom stereocenters. The summed E-state index contributed by atoms with van der Waals surface area (Å²) in [6.45, 7) is 1.84. The molecule has 0 saturated heterocycles. The number of nitrogen functional groups attached to an aromatic ring is 1. The molecule has 0 bridgehead atoms. The van der Waals surface area contributed by atoms with E-state index in [1.54, 1.807) is 17.0 Å². The van der Waals surface area contributed by atoms with Crippen LogP contribution in [0.15, 0.2) is 16.9 Å². The maximum absolute atomic E-state index is 5.52. The van der Waals surface area contributed by atoms with Crippen molar-refractivity contribution in [2.75, 3.05) is 5.73 Å². The number of fused-ring (bicyclic) bond motifs is 3. The van der Waals surface area contributed by atoms with E-state index in [4.69, 9.17) is 10.2 Å². The second-order valence-electron chi connectivity index (χ2n) is 3.04. The van der Waals surface area contributed by atoms with E-state index >= 15 is 0 Å². The van der Waals surface area contributed by atoms with Crippen LogP contribution < -0.4 is 5.73 Å². The molecule has 0 aromatic carbocycles. The van der Waals surface area contributed by atoms with Gasteiger partial charge in [0.05, 0.1) is 5.39 Å². The molecular weight excluding hydrogens is 182 g/mol. The molecule has 0 fully saturated rings. The van der Waals surface area contributed by atoms with Gasteiger partial charge in [0.1, 0.15) is 23.9 Å². The Balaban J connectivity index is 2.65. The standard InChI is InChI=1S/C8H7N5O/c1-4-10-6-3-14-2-5(6)7-11-8(9)12-13(4)7/h2-3H,1H3,(H2,9,12). The van der Waals surface area contributed by atoms with Crippen molar-refractivity contribution >= 4 is 22.5 Å². The first-order chi connectivity index (χ1) is 6.75. The van der Waals surface area contributed by atoms with Gasteiger partial charge in [-0.15, -0.1) is 5.10 Å². The maximum atomic E-state index is 5.52. The van der Waals surface area contributed by atoms with Gasteiger partial charge >= 0.3 is 0 Å². The number of anilines is 1. The lowest BCUT2D eigenvalue weighted by molar-refractivity contribution is 0.572. The lowest BCUT2D eigenvalue weighted by atomic mass is 10.4. The molecule has 70 valence electrons. The Morgan fingerprint density at radius 2 is 2.21 bits per heavy atom. The average Bonchev–Trinajstić information content (AvgIpc) is 2.69. The van der Waals surface area contributed by atoms with E-state index in [1.165, 1.54) is 0 Å². The van der Waals surface area contributed by atoms with Crippen molar-refractivity contribution in [3.05, 3.63) is 18.4 Å². The lowest BCUT2D eigenvalue weighted by Gasteiger charge is -1.95. The Kier molecular flexibility index (Phi) is 1.16. The number of rotatable bonds is 0. The summed E-state index contributed by atoms with van der Waals surface area (Å²) in [6.07, 6.45) is 3.17. The summed E-state index contributed by atoms with van der Waals surface area (Å²) in [4.78, 5) is 8.39. The molecule has 0 radical (unpaired) electrons. The highest BCUT2D eigenvalue weighted by atomic mass is 16.3. The largest absolute Gasteiger partial charge is 0.469 e. The lowest BCUT2D eigenvalue weighted by Crippen LogP contribution is -1.97. The fraction of sp³-hybridized carbons (Fsp3) is 0.125. The van der Waals surface area contributed by atoms with Gasteiger partial charge in [-0.2, -0.15) is 9.50 Å². The first-order valence-electron chi connectivity index (χ1n) is 4.10. The van der Waals surface area contributed by atoms with Crippen LogP contribution in [0.3, 0.4) is 0 Å². The monoisotopic (exact) mass is 189 g/mol. The van der Waals surface area contributed by atoms with Gasteiger partial charge in [0.2, 0.25) is 5.95 Å². The van der Waals surface area contributed by atoms with E-state index in [9.17, 15) is 0 Å². The fourth-order valence-corrected chi connectivity index (χ4v) is 1.49. The summed E-state index contributed by atoms with van der Waals surface area (Å²) >= 11 is 0. The molecule has 0 spiro atoms. The Labute approximate surface area is 78.4 Å². The molecule has 0 saturated carbocycles. The number of hydrogen-bond donors (Lipinski definition) is 1. The first-order valence-corrected chi connectivity index (χ1v) is 4.10. The predicted octanol–water partition coefficient (Wildman–Crippen LogP) is 0.761. The number of furan rings is 1. The van der Waals surface area contributed by atoms with Crippen molar-refractivity contribution in [2.45, 2.75) is 6.92 Å². The van der Waals surface area contributed by atoms with Crippen molar-refractivity contribution in [1.29, 1.82) is 0 Å². The van der Waals surface area contributed by atoms with Gasteiger partial charge in [-0.3, -0.25) is 0 Å². The molecule has 3 heterocycles. The normalized spacial score (nSPS) is 11.5. The van der Waals surface area contributed by atoms with Crippen LogP contribution in [0.2, 0.25) is 0 Å². The van der Waals surface area contributed by atoms with Gasteiger partial charge in [-0.05, 0) is 6.92 Å². The van der Waals surface area contributed by atoms with Gasteiger partial charge in [0, 0.05) is 0 Å². The van der Waals surface area contributed by atoms with Gasteiger partial charge in [-0.1, -0.05) is 0 Å². The smallest absolute Gasteiger partial charge is 0.240 e. The Morgan fingerprint density at radius 1 is 1.36 bits per heavy atom. The zero-order valence-electron chi connectivity index (χ0n) is 7.43. The highest BCUT2D eigenvalue weighted by Gasteiger charge is 2.10. The molecule has 2 N–H and O–H groups in total. The van der Waals surface area contributed by atoms with Gasteiger partial charge in [0.15, 0.2) is 5.65 Å². The molecule has 6 heteroatoms. The molecule has 6 nitrogen and oxygen atoms in total. The van der Waals surface area contributed by atoms with Crippen molar-refractivity contribution in [1.82, 2.24) is 19.6 Å². The van der Waals surface area contributed by atoms with E-state index < -0.39 is 0 Å². The van der Waals surface area contributed by atoms with Gasteiger partial charge in [-0.25, -0.2) is 4.98 Å². The highest BCUT2D eigenvalue weighted by molar-refractivity contribution is 5.90. The number of aryl methyl sites for hydroxylation is 1. The summed E-state index contributed by atoms with van der Waals surface area (Å²) < 4.78 is 6.66. The third-order valence-corrected chi connectivity index (χ3v) is 2.09. The van der Waals surface area contributed by atoms with E-state index in [0.29, 0.717) is 5.65 Å². The van der Waals surface area contributed by atoms with E-state index in [1.807, 2.05) is 6.92 Å². The molecule has 0 aliphatic rings. The summed E-state index contributed by atoms with van der Waals surface area (Å²) in [5, 5.41) is 4.84. The Morgan fingerprint density at radius 3 is 3.07 bits per heavy atom. The predicted molar refractivity (Wildman–Crippen MR) is 49.7 cm³/mol. The van der Waals surface area contributed by atoms with Crippen LogP contribution >= 0.6 is 0 Å². The zero-order chi connectivity index (χ0) is 9.71. The summed E-state index contributed by atoms with van der Waals surface area (Å²) in [5.41, 5.74) is 6.96. The SMILES string of the molecule is Cc1nc2cocc2c2nc(N)nn12. The van der Waals surface area contributed by atoms with Crippen molar-refractivity contribution in [3.8, 4) is 0 Å². The van der Waals surface area contributed by atoms with Crippen molar-refractivity contribution < 1.29 is 4.42 Å². The van der Waals surface area contributed by atoms with Crippen LogP contribution in [-0.2, 0) is 0 Å². The van der Waals surface area contributed by atoms with Crippen LogP contribution in [0.5, 0.6) is 0 Å². The van der Waals surface area contributed by atoms with Crippen molar-refractivity contribution in [3.63, 3.8) is 0 Å². The molecule has 0 aliphatic carbocycles. The number of nitrogens with zero attached hydrogens (tertiary/aromatic N) is 4. The molecular formula is C8H7N5O. The summed E-state index contributed by atoms with van der Waals surface area (Å²) in [5.74, 6) is 0.974. The molecule has 0 aliphatic heterocycles. The number of nitrogens with two attached hydrogens (primary N) is 1.